The first-order valence-corrected chi connectivity index (χ1v) is 8.85. The molecule has 2 aromatic rings. The fourth-order valence-corrected chi connectivity index (χ4v) is 3.07. The smallest absolute Gasteiger partial charge is 0.317 e. The summed E-state index contributed by atoms with van der Waals surface area (Å²) in [4.78, 5) is 22.7. The van der Waals surface area contributed by atoms with E-state index >= 15 is 0 Å². The summed E-state index contributed by atoms with van der Waals surface area (Å²) in [7, 11) is 1.85. The van der Waals surface area contributed by atoms with Gasteiger partial charge in [0.15, 0.2) is 0 Å². The molecule has 2 amide bonds. The van der Waals surface area contributed by atoms with E-state index < -0.39 is 0 Å². The Morgan fingerprint density at radius 2 is 2.24 bits per heavy atom. The van der Waals surface area contributed by atoms with Gasteiger partial charge in [0.1, 0.15) is 0 Å². The molecule has 25 heavy (non-hydrogen) atoms. The van der Waals surface area contributed by atoms with E-state index in [2.05, 4.69) is 39.8 Å². The number of imidazole rings is 1. The minimum atomic E-state index is -0.0166. The van der Waals surface area contributed by atoms with E-state index in [1.807, 2.05) is 31.8 Å². The van der Waals surface area contributed by atoms with Crippen molar-refractivity contribution in [1.29, 1.82) is 0 Å². The normalized spacial score (nSPS) is 16.3. The molecule has 1 aliphatic rings. The summed E-state index contributed by atoms with van der Waals surface area (Å²) in [5, 5.41) is 3.11. The predicted octanol–water partition coefficient (Wildman–Crippen LogP) is 2.64. The molecule has 0 unspecified atom stereocenters. The summed E-state index contributed by atoms with van der Waals surface area (Å²) >= 11 is 0. The number of likely N-dealkylation sites (N-methyl/N-ethyl adjacent to an activating group) is 1. The van der Waals surface area contributed by atoms with Gasteiger partial charge in [-0.05, 0) is 44.4 Å². The van der Waals surface area contributed by atoms with E-state index in [1.165, 1.54) is 5.56 Å². The minimum absolute atomic E-state index is 0.0166. The maximum absolute atomic E-state index is 12.5. The zero-order valence-electron chi connectivity index (χ0n) is 15.3. The van der Waals surface area contributed by atoms with Gasteiger partial charge in [0.05, 0.1) is 6.33 Å². The van der Waals surface area contributed by atoms with Gasteiger partial charge in [0, 0.05) is 62.3 Å². The van der Waals surface area contributed by atoms with Crippen LogP contribution >= 0.6 is 0 Å². The highest BCUT2D eigenvalue weighted by Crippen LogP contribution is 2.46. The average molecular weight is 341 g/mol. The lowest BCUT2D eigenvalue weighted by molar-refractivity contribution is 0.190. The Balaban J connectivity index is 1.49. The minimum Gasteiger partial charge on any atom is -0.337 e. The van der Waals surface area contributed by atoms with E-state index in [-0.39, 0.29) is 17.5 Å². The van der Waals surface area contributed by atoms with E-state index in [0.29, 0.717) is 6.54 Å². The van der Waals surface area contributed by atoms with Crippen LogP contribution in [0.25, 0.3) is 0 Å². The second-order valence-corrected chi connectivity index (χ2v) is 7.38. The highest BCUT2D eigenvalue weighted by molar-refractivity contribution is 5.74. The van der Waals surface area contributed by atoms with Gasteiger partial charge in [-0.25, -0.2) is 9.78 Å². The highest BCUT2D eigenvalue weighted by atomic mass is 16.2. The summed E-state index contributed by atoms with van der Waals surface area (Å²) < 4.78 is 2.09. The van der Waals surface area contributed by atoms with Crippen molar-refractivity contribution >= 4 is 6.03 Å². The van der Waals surface area contributed by atoms with E-state index in [4.69, 9.17) is 0 Å². The van der Waals surface area contributed by atoms with Crippen molar-refractivity contribution in [3.05, 3.63) is 48.3 Å². The molecule has 1 atom stereocenters. The number of carbonyl (C=O) groups excluding carboxylic acids is 1. The number of nitrogens with one attached hydrogen (secondary N) is 1. The number of hydrogen-bond acceptors (Lipinski definition) is 3. The number of aryl methyl sites for hydroxylation is 1. The molecule has 0 aliphatic heterocycles. The van der Waals surface area contributed by atoms with Crippen LogP contribution in [0.1, 0.15) is 31.0 Å². The van der Waals surface area contributed by atoms with Crippen molar-refractivity contribution < 1.29 is 4.79 Å². The number of rotatable bonds is 7. The Morgan fingerprint density at radius 3 is 2.88 bits per heavy atom. The van der Waals surface area contributed by atoms with Crippen LogP contribution < -0.4 is 5.32 Å². The topological polar surface area (TPSA) is 63.1 Å². The molecule has 2 heterocycles. The van der Waals surface area contributed by atoms with Crippen LogP contribution in [0.5, 0.6) is 0 Å². The lowest BCUT2D eigenvalue weighted by atomic mass is 10.1. The number of aromatic nitrogens is 3. The zero-order chi connectivity index (χ0) is 17.9. The van der Waals surface area contributed by atoms with Crippen molar-refractivity contribution in [2.45, 2.75) is 45.7 Å². The second kappa shape index (κ2) is 7.25. The van der Waals surface area contributed by atoms with E-state index in [0.717, 1.165) is 31.5 Å². The molecule has 1 fully saturated rings. The summed E-state index contributed by atoms with van der Waals surface area (Å²) in [6.07, 6.45) is 10.5. The quantitative estimate of drug-likeness (QED) is 0.842. The monoisotopic (exact) mass is 341 g/mol. The molecule has 0 aromatic carbocycles. The molecule has 6 nitrogen and oxygen atoms in total. The molecule has 1 N–H and O–H groups in total. The molecule has 0 saturated heterocycles. The number of nitrogens with zero attached hydrogens (tertiary/aromatic N) is 4. The van der Waals surface area contributed by atoms with Crippen LogP contribution in [0.3, 0.4) is 0 Å². The number of amides is 2. The Hall–Kier alpha value is -2.37. The molecule has 6 heteroatoms. The van der Waals surface area contributed by atoms with Gasteiger partial charge in [-0.1, -0.05) is 0 Å². The molecule has 1 saturated carbocycles. The molecule has 134 valence electrons. The first kappa shape index (κ1) is 17.5. The Kier molecular flexibility index (Phi) is 5.06. The van der Waals surface area contributed by atoms with Gasteiger partial charge < -0.3 is 14.8 Å². The van der Waals surface area contributed by atoms with Crippen molar-refractivity contribution in [3.63, 3.8) is 0 Å². The molecule has 2 aromatic heterocycles. The number of hydrogen-bond donors (Lipinski definition) is 1. The van der Waals surface area contributed by atoms with Gasteiger partial charge >= 0.3 is 6.03 Å². The van der Waals surface area contributed by atoms with Gasteiger partial charge in [0.25, 0.3) is 0 Å². The summed E-state index contributed by atoms with van der Waals surface area (Å²) in [5.41, 5.74) is 2.41. The first-order chi connectivity index (χ1) is 12.0. The van der Waals surface area contributed by atoms with Gasteiger partial charge in [0.2, 0.25) is 0 Å². The first-order valence-electron chi connectivity index (χ1n) is 8.85. The van der Waals surface area contributed by atoms with Crippen LogP contribution in [0.15, 0.2) is 37.1 Å². The lowest BCUT2D eigenvalue weighted by Crippen LogP contribution is -2.45. The third-order valence-electron chi connectivity index (χ3n) is 5.11. The maximum Gasteiger partial charge on any atom is 0.317 e. The van der Waals surface area contributed by atoms with Crippen molar-refractivity contribution in [3.8, 4) is 0 Å². The maximum atomic E-state index is 12.5. The number of pyridine rings is 1. The molecule has 1 aliphatic carbocycles. The Bertz CT molecular complexity index is 708. The van der Waals surface area contributed by atoms with Crippen molar-refractivity contribution in [2.75, 3.05) is 13.6 Å². The lowest BCUT2D eigenvalue weighted by Gasteiger charge is -2.26. The number of carbonyl (C=O) groups is 1. The van der Waals surface area contributed by atoms with E-state index in [1.54, 1.807) is 11.1 Å². The van der Waals surface area contributed by atoms with Crippen LogP contribution in [0.2, 0.25) is 0 Å². The average Bonchev–Trinajstić information content (AvgIpc) is 3.15. The van der Waals surface area contributed by atoms with Gasteiger partial charge in [-0.3, -0.25) is 4.98 Å². The zero-order valence-corrected chi connectivity index (χ0v) is 15.3. The third-order valence-corrected chi connectivity index (χ3v) is 5.11. The molecular formula is C19H27N5O. The summed E-state index contributed by atoms with van der Waals surface area (Å²) in [6, 6.07) is 4.14. The second-order valence-electron chi connectivity index (χ2n) is 7.38. The molecule has 0 bridgehead atoms. The van der Waals surface area contributed by atoms with Crippen molar-refractivity contribution in [2.24, 2.45) is 5.41 Å². The van der Waals surface area contributed by atoms with Gasteiger partial charge in [-0.15, -0.1) is 0 Å². The van der Waals surface area contributed by atoms with Gasteiger partial charge in [-0.2, -0.15) is 0 Å². The summed E-state index contributed by atoms with van der Waals surface area (Å²) in [6.45, 7) is 5.74. The molecule has 0 radical (unpaired) electrons. The predicted molar refractivity (Wildman–Crippen MR) is 97.2 cm³/mol. The van der Waals surface area contributed by atoms with Crippen molar-refractivity contribution in [1.82, 2.24) is 24.8 Å². The fourth-order valence-electron chi connectivity index (χ4n) is 3.07. The van der Waals surface area contributed by atoms with E-state index in [9.17, 15) is 4.79 Å². The number of urea groups is 1. The summed E-state index contributed by atoms with van der Waals surface area (Å²) in [5.74, 6) is 0. The molecular weight excluding hydrogens is 314 g/mol. The van der Waals surface area contributed by atoms with Crippen LogP contribution in [-0.2, 0) is 13.0 Å². The highest BCUT2D eigenvalue weighted by Gasteiger charge is 2.43. The van der Waals surface area contributed by atoms with Crippen LogP contribution in [0.4, 0.5) is 4.79 Å². The largest absolute Gasteiger partial charge is 0.337 e. The van der Waals surface area contributed by atoms with Crippen LogP contribution in [-0.4, -0.2) is 45.1 Å². The Labute approximate surface area is 149 Å². The SMILES string of the molecule is Cc1ccnc(C[C@H](C)N(C)C(=O)NCC2(Cn3ccnc3)CC2)c1. The molecule has 0 spiro atoms. The molecule has 3 rings (SSSR count). The van der Waals surface area contributed by atoms with Crippen LogP contribution in [0, 0.1) is 12.3 Å². The Morgan fingerprint density at radius 1 is 1.44 bits per heavy atom. The fraction of sp³-hybridized carbons (Fsp3) is 0.526. The standard InChI is InChI=1S/C19H27N5O/c1-15-4-7-21-17(10-15)11-16(2)23(3)18(25)22-12-19(5-6-19)13-24-9-8-20-14-24/h4,7-10,14,16H,5-6,11-13H2,1-3H3,(H,22,25)/t16-/m0/s1. The third kappa shape index (κ3) is 4.59.